The van der Waals surface area contributed by atoms with Crippen LogP contribution in [0.2, 0.25) is 0 Å². The van der Waals surface area contributed by atoms with Crippen LogP contribution in [0.3, 0.4) is 0 Å². The van der Waals surface area contributed by atoms with Crippen LogP contribution >= 0.6 is 0 Å². The van der Waals surface area contributed by atoms with Crippen molar-refractivity contribution in [3.8, 4) is 0 Å². The quantitative estimate of drug-likeness (QED) is 0.188. The summed E-state index contributed by atoms with van der Waals surface area (Å²) in [6, 6.07) is 39.7. The van der Waals surface area contributed by atoms with E-state index in [1.165, 1.54) is 13.8 Å². The Labute approximate surface area is 252 Å². The number of nitrogens with one attached hydrogen (secondary N) is 1. The highest BCUT2D eigenvalue weighted by molar-refractivity contribution is 5.67. The minimum atomic E-state index is -0.945. The molecule has 0 amide bonds. The van der Waals surface area contributed by atoms with Gasteiger partial charge in [-0.25, -0.2) is 0 Å². The van der Waals surface area contributed by atoms with Gasteiger partial charge in [0.1, 0.15) is 11.7 Å². The van der Waals surface area contributed by atoms with Crippen LogP contribution in [-0.2, 0) is 40.7 Å². The van der Waals surface area contributed by atoms with Gasteiger partial charge in [-0.1, -0.05) is 121 Å². The number of carbonyl (C=O) groups is 2. The maximum Gasteiger partial charge on any atom is 0.303 e. The molecule has 0 bridgehead atoms. The first-order valence-corrected chi connectivity index (χ1v) is 14.5. The Hall–Kier alpha value is -4.30. The molecule has 1 aliphatic rings. The van der Waals surface area contributed by atoms with Crippen LogP contribution in [0, 0.1) is 0 Å². The summed E-state index contributed by atoms with van der Waals surface area (Å²) in [5, 5.41) is 3.47. The van der Waals surface area contributed by atoms with Gasteiger partial charge in [0.15, 0.2) is 12.2 Å². The van der Waals surface area contributed by atoms with E-state index in [1.807, 2.05) is 84.9 Å². The molecule has 7 nitrogen and oxygen atoms in total. The van der Waals surface area contributed by atoms with Gasteiger partial charge in [0.05, 0.1) is 19.3 Å². The highest BCUT2D eigenvalue weighted by Gasteiger charge is 2.46. The number of esters is 2. The van der Waals surface area contributed by atoms with Crippen molar-refractivity contribution in [1.29, 1.82) is 0 Å². The van der Waals surface area contributed by atoms with E-state index in [1.54, 1.807) is 0 Å². The molecule has 1 N–H and O–H groups in total. The zero-order chi connectivity index (χ0) is 30.1. The molecule has 0 spiro atoms. The van der Waals surface area contributed by atoms with Gasteiger partial charge in [-0.2, -0.15) is 0 Å². The minimum absolute atomic E-state index is 0.197. The van der Waals surface area contributed by atoms with Gasteiger partial charge in [0.25, 0.3) is 0 Å². The van der Waals surface area contributed by atoms with Crippen LogP contribution in [0.5, 0.6) is 0 Å². The van der Waals surface area contributed by atoms with Crippen LogP contribution in [-0.4, -0.2) is 49.4 Å². The monoisotopic (exact) mass is 579 g/mol. The SMILES string of the molecule is CC(=O)O[C@H]1[C@H](OCc2ccccc2)[C@H](COC(c2ccccc2)(c2ccccc2)c2ccccc2)NC[C@H]1OC(C)=O. The molecule has 4 atom stereocenters. The topological polar surface area (TPSA) is 83.1 Å². The molecule has 0 aromatic heterocycles. The van der Waals surface area contributed by atoms with Crippen molar-refractivity contribution in [2.45, 2.75) is 50.4 Å². The molecule has 0 unspecified atom stereocenters. The Morgan fingerprint density at radius 2 is 1.14 bits per heavy atom. The standard InChI is InChI=1S/C36H37NO6/c1-26(38)42-33-23-37-32(34(35(33)43-27(2)39)40-24-28-15-7-3-8-16-28)25-41-36(29-17-9-4-10-18-29,30-19-11-5-12-20-30)31-21-13-6-14-22-31/h3-22,32-35,37H,23-25H2,1-2H3/t32-,33+,34+,35+/m0/s1. The normalized spacial score (nSPS) is 20.2. The van der Waals surface area contributed by atoms with E-state index in [2.05, 4.69) is 41.7 Å². The van der Waals surface area contributed by atoms with Crippen molar-refractivity contribution in [3.05, 3.63) is 144 Å². The molecular formula is C36H37NO6. The summed E-state index contributed by atoms with van der Waals surface area (Å²) in [6.45, 7) is 3.43. The molecule has 0 saturated carbocycles. The Balaban J connectivity index is 1.53. The lowest BCUT2D eigenvalue weighted by atomic mass is 9.80. The van der Waals surface area contributed by atoms with Crippen molar-refractivity contribution < 1.29 is 28.5 Å². The average Bonchev–Trinajstić information content (AvgIpc) is 3.03. The first-order chi connectivity index (χ1) is 21.0. The lowest BCUT2D eigenvalue weighted by Crippen LogP contribution is -2.64. The maximum absolute atomic E-state index is 12.3. The molecule has 4 aromatic rings. The molecule has 4 aromatic carbocycles. The second-order valence-electron chi connectivity index (χ2n) is 10.6. The molecule has 43 heavy (non-hydrogen) atoms. The summed E-state index contributed by atoms with van der Waals surface area (Å²) in [5.41, 5.74) is 2.93. The van der Waals surface area contributed by atoms with Crippen molar-refractivity contribution in [2.24, 2.45) is 0 Å². The summed E-state index contributed by atoms with van der Waals surface area (Å²) >= 11 is 0. The highest BCUT2D eigenvalue weighted by atomic mass is 16.6. The number of ether oxygens (including phenoxy) is 4. The molecule has 7 heteroatoms. The van der Waals surface area contributed by atoms with Crippen LogP contribution in [0.25, 0.3) is 0 Å². The van der Waals surface area contributed by atoms with Crippen LogP contribution in [0.4, 0.5) is 0 Å². The first-order valence-electron chi connectivity index (χ1n) is 14.5. The average molecular weight is 580 g/mol. The van der Waals surface area contributed by atoms with E-state index in [0.29, 0.717) is 0 Å². The second-order valence-corrected chi connectivity index (χ2v) is 10.6. The molecule has 1 fully saturated rings. The van der Waals surface area contributed by atoms with Gasteiger partial charge in [0.2, 0.25) is 0 Å². The molecule has 5 rings (SSSR count). The van der Waals surface area contributed by atoms with Gasteiger partial charge in [-0.3, -0.25) is 9.59 Å². The summed E-state index contributed by atoms with van der Waals surface area (Å²) in [5.74, 6) is -0.944. The van der Waals surface area contributed by atoms with E-state index >= 15 is 0 Å². The van der Waals surface area contributed by atoms with Crippen molar-refractivity contribution in [3.63, 3.8) is 0 Å². The number of piperidine rings is 1. The fraction of sp³-hybridized carbons (Fsp3) is 0.278. The Morgan fingerprint density at radius 1 is 0.674 bits per heavy atom. The maximum atomic E-state index is 12.3. The number of benzene rings is 4. The Bertz CT molecular complexity index is 1350. The summed E-state index contributed by atoms with van der Waals surface area (Å²) < 4.78 is 24.9. The molecule has 222 valence electrons. The summed E-state index contributed by atoms with van der Waals surface area (Å²) in [4.78, 5) is 24.3. The van der Waals surface area contributed by atoms with Gasteiger partial charge in [-0.15, -0.1) is 0 Å². The minimum Gasteiger partial charge on any atom is -0.457 e. The largest absolute Gasteiger partial charge is 0.457 e. The molecular weight excluding hydrogens is 542 g/mol. The second kappa shape index (κ2) is 14.2. The Morgan fingerprint density at radius 3 is 1.60 bits per heavy atom. The van der Waals surface area contributed by atoms with Crippen molar-refractivity contribution in [2.75, 3.05) is 13.2 Å². The lowest BCUT2D eigenvalue weighted by Gasteiger charge is -2.43. The third-order valence-corrected chi connectivity index (χ3v) is 7.59. The molecule has 0 aliphatic carbocycles. The highest BCUT2D eigenvalue weighted by Crippen LogP contribution is 2.41. The van der Waals surface area contributed by atoms with Gasteiger partial charge in [-0.05, 0) is 22.3 Å². The van der Waals surface area contributed by atoms with Gasteiger partial charge >= 0.3 is 11.9 Å². The smallest absolute Gasteiger partial charge is 0.303 e. The predicted octanol–water partition coefficient (Wildman–Crippen LogP) is 5.42. The zero-order valence-corrected chi connectivity index (χ0v) is 24.4. The zero-order valence-electron chi connectivity index (χ0n) is 24.4. The third-order valence-electron chi connectivity index (χ3n) is 7.59. The molecule has 1 aliphatic heterocycles. The van der Waals surface area contributed by atoms with Gasteiger partial charge in [0, 0.05) is 20.4 Å². The van der Waals surface area contributed by atoms with Crippen LogP contribution in [0.1, 0.15) is 36.1 Å². The molecule has 0 radical (unpaired) electrons. The van der Waals surface area contributed by atoms with Gasteiger partial charge < -0.3 is 24.3 Å². The van der Waals surface area contributed by atoms with E-state index in [-0.39, 0.29) is 19.8 Å². The first kappa shape index (κ1) is 30.2. The summed E-state index contributed by atoms with van der Waals surface area (Å²) in [7, 11) is 0. The molecule has 1 saturated heterocycles. The number of carbonyl (C=O) groups excluding carboxylic acids is 2. The number of rotatable bonds is 11. The molecule has 1 heterocycles. The van der Waals surface area contributed by atoms with Crippen molar-refractivity contribution in [1.82, 2.24) is 5.32 Å². The van der Waals surface area contributed by atoms with E-state index in [4.69, 9.17) is 18.9 Å². The third kappa shape index (κ3) is 7.20. The van der Waals surface area contributed by atoms with E-state index in [0.717, 1.165) is 22.3 Å². The Kier molecular flexibility index (Phi) is 10.00. The van der Waals surface area contributed by atoms with Crippen LogP contribution < -0.4 is 5.32 Å². The fourth-order valence-corrected chi connectivity index (χ4v) is 5.71. The lowest BCUT2D eigenvalue weighted by molar-refractivity contribution is -0.193. The predicted molar refractivity (Wildman–Crippen MR) is 163 cm³/mol. The fourth-order valence-electron chi connectivity index (χ4n) is 5.71. The van der Waals surface area contributed by atoms with Crippen LogP contribution in [0.15, 0.2) is 121 Å². The van der Waals surface area contributed by atoms with E-state index in [9.17, 15) is 9.59 Å². The van der Waals surface area contributed by atoms with E-state index < -0.39 is 41.9 Å². The number of hydrogen-bond acceptors (Lipinski definition) is 7. The number of hydrogen-bond donors (Lipinski definition) is 1. The van der Waals surface area contributed by atoms with Crippen molar-refractivity contribution >= 4 is 11.9 Å². The summed E-state index contributed by atoms with van der Waals surface area (Å²) in [6.07, 6.45) is -2.23.